The average Bonchev–Trinajstić information content (AvgIpc) is 3.14. The first kappa shape index (κ1) is 18.8. The van der Waals surface area contributed by atoms with Crippen LogP contribution in [0.5, 0.6) is 0 Å². The number of thiophene rings is 1. The second kappa shape index (κ2) is 7.72. The van der Waals surface area contributed by atoms with Gasteiger partial charge in [0.2, 0.25) is 0 Å². The highest BCUT2D eigenvalue weighted by atomic mass is 79.9. The van der Waals surface area contributed by atoms with Gasteiger partial charge < -0.3 is 4.90 Å². The highest BCUT2D eigenvalue weighted by Gasteiger charge is 2.35. The van der Waals surface area contributed by atoms with Crippen molar-refractivity contribution >= 4 is 45.0 Å². The van der Waals surface area contributed by atoms with Crippen molar-refractivity contribution in [3.8, 4) is 0 Å². The Bertz CT molecular complexity index is 877. The van der Waals surface area contributed by atoms with Crippen LogP contribution in [0.2, 0.25) is 0 Å². The van der Waals surface area contributed by atoms with E-state index in [1.54, 1.807) is 41.5 Å². The van der Waals surface area contributed by atoms with E-state index in [0.717, 1.165) is 21.5 Å². The smallest absolute Gasteiger partial charge is 0.261 e. The second-order valence-corrected chi connectivity index (χ2v) is 8.79. The van der Waals surface area contributed by atoms with E-state index in [4.69, 9.17) is 0 Å². The third kappa shape index (κ3) is 3.59. The lowest BCUT2D eigenvalue weighted by molar-refractivity contribution is 0.0652. The van der Waals surface area contributed by atoms with Crippen molar-refractivity contribution in [2.75, 3.05) is 13.6 Å². The van der Waals surface area contributed by atoms with Crippen molar-refractivity contribution in [1.29, 1.82) is 0 Å². The monoisotopic (exact) mass is 434 g/mol. The van der Waals surface area contributed by atoms with Crippen molar-refractivity contribution < 1.29 is 14.4 Å². The van der Waals surface area contributed by atoms with Gasteiger partial charge in [-0.1, -0.05) is 13.3 Å². The molecule has 136 valence electrons. The molecule has 0 fully saturated rings. The fraction of sp³-hybridized carbons (Fsp3) is 0.316. The van der Waals surface area contributed by atoms with Crippen LogP contribution in [0.4, 0.5) is 0 Å². The average molecular weight is 435 g/mol. The lowest BCUT2D eigenvalue weighted by Crippen LogP contribution is -2.30. The first-order valence-corrected chi connectivity index (χ1v) is 10.0. The molecule has 3 amide bonds. The maximum Gasteiger partial charge on any atom is 0.261 e. The van der Waals surface area contributed by atoms with Crippen LogP contribution >= 0.6 is 27.3 Å². The molecule has 26 heavy (non-hydrogen) atoms. The predicted molar refractivity (Wildman–Crippen MR) is 105 cm³/mol. The topological polar surface area (TPSA) is 57.7 Å². The predicted octanol–water partition coefficient (Wildman–Crippen LogP) is 4.18. The molecule has 2 heterocycles. The van der Waals surface area contributed by atoms with E-state index in [2.05, 4.69) is 15.9 Å². The third-order valence-electron chi connectivity index (χ3n) is 4.32. The van der Waals surface area contributed by atoms with E-state index in [0.29, 0.717) is 29.8 Å². The summed E-state index contributed by atoms with van der Waals surface area (Å²) in [6, 6.07) is 8.67. The number of carbonyl (C=O) groups is 3. The van der Waals surface area contributed by atoms with Gasteiger partial charge >= 0.3 is 0 Å². The molecule has 1 aromatic carbocycles. The maximum absolute atomic E-state index is 12.7. The van der Waals surface area contributed by atoms with Crippen molar-refractivity contribution in [3.63, 3.8) is 0 Å². The lowest BCUT2D eigenvalue weighted by Gasteiger charge is -2.16. The molecule has 0 bridgehead atoms. The van der Waals surface area contributed by atoms with E-state index in [9.17, 15) is 14.4 Å². The van der Waals surface area contributed by atoms with Crippen molar-refractivity contribution in [3.05, 3.63) is 55.7 Å². The van der Waals surface area contributed by atoms with E-state index in [1.165, 1.54) is 4.90 Å². The highest BCUT2D eigenvalue weighted by molar-refractivity contribution is 9.11. The fourth-order valence-corrected chi connectivity index (χ4v) is 4.44. The number of nitrogens with zero attached hydrogens (tertiary/aromatic N) is 2. The van der Waals surface area contributed by atoms with Gasteiger partial charge in [-0.05, 0) is 52.7 Å². The Balaban J connectivity index is 1.79. The molecule has 5 nitrogen and oxygen atoms in total. The first-order chi connectivity index (χ1) is 12.4. The molecule has 2 aromatic rings. The van der Waals surface area contributed by atoms with Crippen LogP contribution in [-0.2, 0) is 6.54 Å². The number of halogens is 1. The Hall–Kier alpha value is -1.99. The molecular weight excluding hydrogens is 416 g/mol. The number of hydrogen-bond acceptors (Lipinski definition) is 4. The summed E-state index contributed by atoms with van der Waals surface area (Å²) in [7, 11) is 1.73. The molecule has 1 aromatic heterocycles. The fourth-order valence-electron chi connectivity index (χ4n) is 2.91. The summed E-state index contributed by atoms with van der Waals surface area (Å²) in [5.41, 5.74) is 1.12. The van der Waals surface area contributed by atoms with Crippen molar-refractivity contribution in [2.24, 2.45) is 0 Å². The molecule has 0 unspecified atom stereocenters. The molecule has 1 aliphatic heterocycles. The van der Waals surface area contributed by atoms with Crippen LogP contribution in [-0.4, -0.2) is 41.1 Å². The normalized spacial score (nSPS) is 13.3. The number of unbranched alkanes of at least 4 members (excludes halogenated alkanes) is 1. The molecule has 0 saturated carbocycles. The lowest BCUT2D eigenvalue weighted by atomic mass is 10.0. The Morgan fingerprint density at radius 3 is 2.54 bits per heavy atom. The summed E-state index contributed by atoms with van der Waals surface area (Å²) in [5, 5.41) is 0. The third-order valence-corrected chi connectivity index (χ3v) is 5.93. The zero-order valence-electron chi connectivity index (χ0n) is 14.6. The molecule has 7 heteroatoms. The number of imide groups is 1. The van der Waals surface area contributed by atoms with Crippen molar-refractivity contribution in [1.82, 2.24) is 9.80 Å². The number of hydrogen-bond donors (Lipinski definition) is 0. The largest absolute Gasteiger partial charge is 0.337 e. The SMILES string of the molecule is CCCCN1C(=O)c2ccc(C(=O)N(C)Cc3ccc(Br)s3)cc2C1=O. The maximum atomic E-state index is 12.7. The minimum absolute atomic E-state index is 0.176. The Kier molecular flexibility index (Phi) is 5.58. The second-order valence-electron chi connectivity index (χ2n) is 6.24. The van der Waals surface area contributed by atoms with Crippen LogP contribution in [0.15, 0.2) is 34.1 Å². The summed E-state index contributed by atoms with van der Waals surface area (Å²) < 4.78 is 1.02. The zero-order valence-corrected chi connectivity index (χ0v) is 17.0. The summed E-state index contributed by atoms with van der Waals surface area (Å²) >= 11 is 4.99. The van der Waals surface area contributed by atoms with Gasteiger partial charge in [0, 0.05) is 24.0 Å². The molecule has 0 aliphatic carbocycles. The minimum atomic E-state index is -0.307. The summed E-state index contributed by atoms with van der Waals surface area (Å²) in [5.74, 6) is -0.753. The summed E-state index contributed by atoms with van der Waals surface area (Å²) in [4.78, 5) is 41.6. The standard InChI is InChI=1S/C19H19BrN2O3S/c1-3-4-9-22-18(24)14-7-5-12(10-15(14)19(22)25)17(23)21(2)11-13-6-8-16(20)26-13/h5-8,10H,3-4,9,11H2,1-2H3. The van der Waals surface area contributed by atoms with Crippen LogP contribution in [0.25, 0.3) is 0 Å². The molecule has 3 rings (SSSR count). The molecule has 0 N–H and O–H groups in total. The van der Waals surface area contributed by atoms with E-state index in [1.807, 2.05) is 19.1 Å². The Morgan fingerprint density at radius 2 is 1.88 bits per heavy atom. The van der Waals surface area contributed by atoms with Gasteiger partial charge in [0.05, 0.1) is 21.5 Å². The number of benzene rings is 1. The number of carbonyl (C=O) groups excluding carboxylic acids is 3. The minimum Gasteiger partial charge on any atom is -0.337 e. The van der Waals surface area contributed by atoms with Gasteiger partial charge in [0.25, 0.3) is 17.7 Å². The Labute approximate surface area is 164 Å². The van der Waals surface area contributed by atoms with Crippen molar-refractivity contribution in [2.45, 2.75) is 26.3 Å². The summed E-state index contributed by atoms with van der Waals surface area (Å²) in [6.07, 6.45) is 1.68. The molecular formula is C19H19BrN2O3S. The van der Waals surface area contributed by atoms with Crippen LogP contribution in [0.3, 0.4) is 0 Å². The zero-order chi connectivity index (χ0) is 18.8. The molecule has 0 spiro atoms. The number of amides is 3. The van der Waals surface area contributed by atoms with Gasteiger partial charge in [-0.15, -0.1) is 11.3 Å². The van der Waals surface area contributed by atoms with Gasteiger partial charge in [0.15, 0.2) is 0 Å². The van der Waals surface area contributed by atoms with Crippen LogP contribution in [0.1, 0.15) is 55.7 Å². The summed E-state index contributed by atoms with van der Waals surface area (Å²) in [6.45, 7) is 2.91. The quantitative estimate of drug-likeness (QED) is 0.640. The number of fused-ring (bicyclic) bond motifs is 1. The molecule has 0 saturated heterocycles. The van der Waals surface area contributed by atoms with E-state index < -0.39 is 0 Å². The van der Waals surface area contributed by atoms with Crippen LogP contribution in [0, 0.1) is 0 Å². The van der Waals surface area contributed by atoms with Gasteiger partial charge in [-0.2, -0.15) is 0 Å². The van der Waals surface area contributed by atoms with E-state index >= 15 is 0 Å². The van der Waals surface area contributed by atoms with Gasteiger partial charge in [0.1, 0.15) is 0 Å². The Morgan fingerprint density at radius 1 is 1.15 bits per heavy atom. The number of rotatable bonds is 6. The van der Waals surface area contributed by atoms with Crippen LogP contribution < -0.4 is 0 Å². The molecule has 0 atom stereocenters. The van der Waals surface area contributed by atoms with Gasteiger partial charge in [-0.3, -0.25) is 19.3 Å². The highest BCUT2D eigenvalue weighted by Crippen LogP contribution is 2.26. The van der Waals surface area contributed by atoms with E-state index in [-0.39, 0.29) is 17.7 Å². The molecule has 0 radical (unpaired) electrons. The molecule has 1 aliphatic rings. The van der Waals surface area contributed by atoms with Gasteiger partial charge in [-0.25, -0.2) is 0 Å². The first-order valence-electron chi connectivity index (χ1n) is 8.42.